The van der Waals surface area contributed by atoms with Crippen LogP contribution in [-0.4, -0.2) is 31.5 Å². The van der Waals surface area contributed by atoms with Crippen molar-refractivity contribution in [3.05, 3.63) is 33.4 Å². The van der Waals surface area contributed by atoms with Gasteiger partial charge in [-0.05, 0) is 53.9 Å². The first-order chi connectivity index (χ1) is 10.9. The number of hydrogen-bond acceptors (Lipinski definition) is 6. The zero-order valence-electron chi connectivity index (χ0n) is 12.6. The molecule has 124 valence electrons. The van der Waals surface area contributed by atoms with Gasteiger partial charge in [0.05, 0.1) is 16.0 Å². The molecule has 23 heavy (non-hydrogen) atoms. The third kappa shape index (κ3) is 4.09. The lowest BCUT2D eigenvalue weighted by molar-refractivity contribution is 0.582. The summed E-state index contributed by atoms with van der Waals surface area (Å²) in [5.74, 6) is 0.690. The first-order valence-corrected chi connectivity index (χ1v) is 10.4. The molecule has 1 saturated heterocycles. The molecular weight excluding hydrogens is 400 g/mol. The molecule has 3 heterocycles. The van der Waals surface area contributed by atoms with E-state index < -0.39 is 10.0 Å². The van der Waals surface area contributed by atoms with E-state index >= 15 is 0 Å². The first-order valence-electron chi connectivity index (χ1n) is 7.28. The maximum absolute atomic E-state index is 12.3. The van der Waals surface area contributed by atoms with Gasteiger partial charge in [0, 0.05) is 18.8 Å². The molecule has 0 radical (unpaired) electrons. The van der Waals surface area contributed by atoms with Crippen LogP contribution in [-0.2, 0) is 16.6 Å². The average Bonchev–Trinajstić information content (AvgIpc) is 3.16. The van der Waals surface area contributed by atoms with Crippen LogP contribution in [0.5, 0.6) is 0 Å². The van der Waals surface area contributed by atoms with Gasteiger partial charge in [-0.2, -0.15) is 0 Å². The number of nitrogens with one attached hydrogen (secondary N) is 1. The number of anilines is 1. The van der Waals surface area contributed by atoms with E-state index in [9.17, 15) is 8.42 Å². The smallest absolute Gasteiger partial charge is 0.250 e. The quantitative estimate of drug-likeness (QED) is 0.810. The van der Waals surface area contributed by atoms with Gasteiger partial charge in [0.15, 0.2) is 0 Å². The normalized spacial score (nSPS) is 15.3. The summed E-state index contributed by atoms with van der Waals surface area (Å²) >= 11 is 4.46. The number of thiophene rings is 1. The van der Waals surface area contributed by atoms with Crippen LogP contribution in [0.4, 0.5) is 5.95 Å². The Morgan fingerprint density at radius 1 is 1.30 bits per heavy atom. The molecule has 3 rings (SSSR count). The van der Waals surface area contributed by atoms with Crippen molar-refractivity contribution in [3.8, 4) is 0 Å². The van der Waals surface area contributed by atoms with Crippen molar-refractivity contribution in [1.29, 1.82) is 0 Å². The molecule has 9 heteroatoms. The van der Waals surface area contributed by atoms with Crippen molar-refractivity contribution in [2.45, 2.75) is 30.5 Å². The van der Waals surface area contributed by atoms with Crippen molar-refractivity contribution in [2.75, 3.05) is 18.0 Å². The second-order valence-electron chi connectivity index (χ2n) is 5.38. The number of nitrogens with zero attached hydrogens (tertiary/aromatic N) is 3. The predicted octanol–water partition coefficient (Wildman–Crippen LogP) is 2.69. The lowest BCUT2D eigenvalue weighted by atomic mass is 10.3. The molecule has 2 aromatic heterocycles. The number of rotatable bonds is 5. The third-order valence-corrected chi connectivity index (χ3v) is 7.06. The van der Waals surface area contributed by atoms with E-state index in [2.05, 4.69) is 35.5 Å². The van der Waals surface area contributed by atoms with Crippen molar-refractivity contribution in [3.63, 3.8) is 0 Å². The molecule has 2 aromatic rings. The van der Waals surface area contributed by atoms with E-state index in [-0.39, 0.29) is 10.8 Å². The molecule has 0 atom stereocenters. The Kier molecular flexibility index (Phi) is 5.00. The Morgan fingerprint density at radius 2 is 2.04 bits per heavy atom. The minimum atomic E-state index is -3.52. The Hall–Kier alpha value is -1.03. The van der Waals surface area contributed by atoms with Crippen molar-refractivity contribution < 1.29 is 8.42 Å². The molecule has 0 spiro atoms. The minimum absolute atomic E-state index is 0.155. The van der Waals surface area contributed by atoms with Crippen molar-refractivity contribution in [1.82, 2.24) is 14.7 Å². The molecule has 1 aliphatic rings. The Labute approximate surface area is 148 Å². The van der Waals surface area contributed by atoms with E-state index in [0.29, 0.717) is 11.6 Å². The highest BCUT2D eigenvalue weighted by atomic mass is 79.9. The Balaban J connectivity index is 1.75. The number of halogens is 1. The number of aryl methyl sites for hydroxylation is 1. The molecule has 0 bridgehead atoms. The van der Waals surface area contributed by atoms with E-state index in [0.717, 1.165) is 35.4 Å². The maximum atomic E-state index is 12.3. The zero-order chi connectivity index (χ0) is 16.4. The van der Waals surface area contributed by atoms with E-state index in [1.807, 2.05) is 13.0 Å². The molecule has 0 aromatic carbocycles. The summed E-state index contributed by atoms with van der Waals surface area (Å²) in [6, 6.07) is 5.12. The van der Waals surface area contributed by atoms with Gasteiger partial charge < -0.3 is 4.90 Å². The monoisotopic (exact) mass is 416 g/mol. The maximum Gasteiger partial charge on any atom is 0.250 e. The van der Waals surface area contributed by atoms with Crippen LogP contribution >= 0.6 is 27.3 Å². The number of sulfonamides is 1. The fourth-order valence-electron chi connectivity index (χ4n) is 2.45. The summed E-state index contributed by atoms with van der Waals surface area (Å²) in [7, 11) is -3.52. The van der Waals surface area contributed by atoms with Gasteiger partial charge in [-0.3, -0.25) is 0 Å². The zero-order valence-corrected chi connectivity index (χ0v) is 15.8. The highest BCUT2D eigenvalue weighted by Gasteiger charge is 2.18. The topological polar surface area (TPSA) is 75.2 Å². The Morgan fingerprint density at radius 3 is 2.70 bits per heavy atom. The number of aromatic nitrogens is 2. The SMILES string of the molecule is Cc1cc(CNS(=O)(=O)c2ccc(Br)s2)nc(N2CCCC2)n1. The highest BCUT2D eigenvalue weighted by molar-refractivity contribution is 9.11. The van der Waals surface area contributed by atoms with Crippen molar-refractivity contribution in [2.24, 2.45) is 0 Å². The molecule has 1 N–H and O–H groups in total. The van der Waals surface area contributed by atoms with Crippen LogP contribution in [0.25, 0.3) is 0 Å². The summed E-state index contributed by atoms with van der Waals surface area (Å²) in [4.78, 5) is 11.1. The summed E-state index contributed by atoms with van der Waals surface area (Å²) < 4.78 is 28.2. The van der Waals surface area contributed by atoms with Crippen LogP contribution in [0.15, 0.2) is 26.2 Å². The molecule has 0 saturated carbocycles. The van der Waals surface area contributed by atoms with Gasteiger partial charge in [-0.25, -0.2) is 23.1 Å². The van der Waals surface area contributed by atoms with Crippen LogP contribution in [0.3, 0.4) is 0 Å². The minimum Gasteiger partial charge on any atom is -0.341 e. The van der Waals surface area contributed by atoms with Gasteiger partial charge in [-0.15, -0.1) is 11.3 Å². The second-order valence-corrected chi connectivity index (χ2v) is 9.83. The summed E-state index contributed by atoms with van der Waals surface area (Å²) in [6.45, 7) is 3.97. The number of hydrogen-bond donors (Lipinski definition) is 1. The van der Waals surface area contributed by atoms with Crippen LogP contribution in [0.1, 0.15) is 24.2 Å². The molecule has 6 nitrogen and oxygen atoms in total. The van der Waals surface area contributed by atoms with E-state index in [1.165, 1.54) is 11.3 Å². The van der Waals surface area contributed by atoms with Gasteiger partial charge in [0.1, 0.15) is 4.21 Å². The first kappa shape index (κ1) is 16.8. The lowest BCUT2D eigenvalue weighted by Crippen LogP contribution is -2.25. The fraction of sp³-hybridized carbons (Fsp3) is 0.429. The van der Waals surface area contributed by atoms with Crippen LogP contribution in [0.2, 0.25) is 0 Å². The lowest BCUT2D eigenvalue weighted by Gasteiger charge is -2.16. The molecular formula is C14H17BrN4O2S2. The standard InChI is InChI=1S/C14H17BrN4O2S2/c1-10-8-11(18-14(17-10)19-6-2-3-7-19)9-16-23(20,21)13-5-4-12(15)22-13/h4-5,8,16H,2-3,6-7,9H2,1H3. The molecule has 1 fully saturated rings. The Bertz CT molecular complexity index is 801. The molecule has 0 aliphatic carbocycles. The van der Waals surface area contributed by atoms with Crippen molar-refractivity contribution >= 4 is 43.2 Å². The third-order valence-electron chi connectivity index (χ3n) is 3.54. The van der Waals surface area contributed by atoms with Gasteiger partial charge in [0.2, 0.25) is 16.0 Å². The molecule has 1 aliphatic heterocycles. The van der Waals surface area contributed by atoms with E-state index in [4.69, 9.17) is 0 Å². The van der Waals surface area contributed by atoms with Gasteiger partial charge >= 0.3 is 0 Å². The van der Waals surface area contributed by atoms with E-state index in [1.54, 1.807) is 12.1 Å². The van der Waals surface area contributed by atoms with Crippen LogP contribution in [0, 0.1) is 6.92 Å². The predicted molar refractivity (Wildman–Crippen MR) is 94.3 cm³/mol. The largest absolute Gasteiger partial charge is 0.341 e. The summed E-state index contributed by atoms with van der Waals surface area (Å²) in [5, 5.41) is 0. The summed E-state index contributed by atoms with van der Waals surface area (Å²) in [6.07, 6.45) is 2.29. The summed E-state index contributed by atoms with van der Waals surface area (Å²) in [5.41, 5.74) is 1.52. The molecule has 0 amide bonds. The molecule has 0 unspecified atom stereocenters. The van der Waals surface area contributed by atoms with Gasteiger partial charge in [-0.1, -0.05) is 0 Å². The fourth-order valence-corrected chi connectivity index (χ4v) is 5.50. The highest BCUT2D eigenvalue weighted by Crippen LogP contribution is 2.26. The average molecular weight is 417 g/mol. The van der Waals surface area contributed by atoms with Crippen LogP contribution < -0.4 is 9.62 Å². The van der Waals surface area contributed by atoms with Gasteiger partial charge in [0.25, 0.3) is 0 Å². The second kappa shape index (κ2) is 6.84.